The molecule has 4 nitrogen and oxygen atoms in total. The standard InChI is InChI=1S/C21H26N2O2/c1-15(2)25-20-11-7-5-9-18(20)22-13-12-21(24)23-16(3)14-17-8-4-6-10-19(17)23/h4-11,15-16,22H,12-14H2,1-3H3. The number of rotatable bonds is 6. The summed E-state index contributed by atoms with van der Waals surface area (Å²) in [7, 11) is 0. The SMILES string of the molecule is CC(C)Oc1ccccc1NCCC(=O)N1c2ccccc2CC1C. The molecular weight excluding hydrogens is 312 g/mol. The third-order valence-electron chi connectivity index (χ3n) is 4.38. The molecule has 25 heavy (non-hydrogen) atoms. The number of nitrogens with zero attached hydrogens (tertiary/aromatic N) is 1. The maximum Gasteiger partial charge on any atom is 0.229 e. The average Bonchev–Trinajstić information content (AvgIpc) is 2.91. The van der Waals surface area contributed by atoms with Gasteiger partial charge < -0.3 is 15.0 Å². The highest BCUT2D eigenvalue weighted by Gasteiger charge is 2.29. The monoisotopic (exact) mass is 338 g/mol. The van der Waals surface area contributed by atoms with Crippen LogP contribution in [0.2, 0.25) is 0 Å². The molecule has 0 saturated heterocycles. The second-order valence-corrected chi connectivity index (χ2v) is 6.79. The van der Waals surface area contributed by atoms with E-state index in [9.17, 15) is 4.79 Å². The Morgan fingerprint density at radius 3 is 2.72 bits per heavy atom. The Morgan fingerprint density at radius 2 is 1.92 bits per heavy atom. The number of fused-ring (bicyclic) bond motifs is 1. The van der Waals surface area contributed by atoms with E-state index in [1.807, 2.05) is 61.2 Å². The Bertz CT molecular complexity index is 742. The zero-order chi connectivity index (χ0) is 17.8. The zero-order valence-corrected chi connectivity index (χ0v) is 15.2. The number of amides is 1. The van der Waals surface area contributed by atoms with Gasteiger partial charge in [-0.2, -0.15) is 0 Å². The summed E-state index contributed by atoms with van der Waals surface area (Å²) in [4.78, 5) is 14.7. The Balaban J connectivity index is 1.61. The van der Waals surface area contributed by atoms with E-state index in [1.54, 1.807) is 0 Å². The van der Waals surface area contributed by atoms with Gasteiger partial charge in [0.05, 0.1) is 11.8 Å². The van der Waals surface area contributed by atoms with Crippen LogP contribution in [0.4, 0.5) is 11.4 Å². The van der Waals surface area contributed by atoms with E-state index in [1.165, 1.54) is 5.56 Å². The first-order valence-electron chi connectivity index (χ1n) is 8.96. The molecule has 1 amide bonds. The van der Waals surface area contributed by atoms with E-state index in [2.05, 4.69) is 18.3 Å². The smallest absolute Gasteiger partial charge is 0.229 e. The highest BCUT2D eigenvalue weighted by Crippen LogP contribution is 2.32. The van der Waals surface area contributed by atoms with Gasteiger partial charge in [0.2, 0.25) is 5.91 Å². The van der Waals surface area contributed by atoms with Gasteiger partial charge in [-0.3, -0.25) is 4.79 Å². The fraction of sp³-hybridized carbons (Fsp3) is 0.381. The van der Waals surface area contributed by atoms with Crippen LogP contribution in [0.15, 0.2) is 48.5 Å². The number of benzene rings is 2. The molecule has 1 aliphatic heterocycles. The molecule has 0 radical (unpaired) electrons. The second kappa shape index (κ2) is 7.60. The Labute approximate surface area is 149 Å². The number of nitrogens with one attached hydrogen (secondary N) is 1. The van der Waals surface area contributed by atoms with Crippen LogP contribution in [0.5, 0.6) is 5.75 Å². The minimum absolute atomic E-state index is 0.117. The summed E-state index contributed by atoms with van der Waals surface area (Å²) in [5.74, 6) is 0.983. The molecular formula is C21H26N2O2. The maximum atomic E-state index is 12.7. The number of ether oxygens (including phenoxy) is 1. The quantitative estimate of drug-likeness (QED) is 0.856. The largest absolute Gasteiger partial charge is 0.489 e. The van der Waals surface area contributed by atoms with Crippen LogP contribution in [0.25, 0.3) is 0 Å². The predicted molar refractivity (Wildman–Crippen MR) is 102 cm³/mol. The van der Waals surface area contributed by atoms with Gasteiger partial charge in [-0.1, -0.05) is 30.3 Å². The van der Waals surface area contributed by atoms with Crippen LogP contribution in [-0.2, 0) is 11.2 Å². The summed E-state index contributed by atoms with van der Waals surface area (Å²) in [6.07, 6.45) is 1.50. The first-order valence-corrected chi connectivity index (χ1v) is 8.96. The van der Waals surface area contributed by atoms with Gasteiger partial charge in [0.1, 0.15) is 5.75 Å². The molecule has 0 bridgehead atoms. The Morgan fingerprint density at radius 1 is 1.20 bits per heavy atom. The van der Waals surface area contributed by atoms with E-state index in [-0.39, 0.29) is 18.1 Å². The summed E-state index contributed by atoms with van der Waals surface area (Å²) in [6.45, 7) is 6.71. The van der Waals surface area contributed by atoms with Gasteiger partial charge in [-0.05, 0) is 51.0 Å². The number of carbonyl (C=O) groups excluding carboxylic acids is 1. The van der Waals surface area contributed by atoms with E-state index < -0.39 is 0 Å². The number of hydrogen-bond acceptors (Lipinski definition) is 3. The number of carbonyl (C=O) groups is 1. The summed E-state index contributed by atoms with van der Waals surface area (Å²) >= 11 is 0. The normalized spacial score (nSPS) is 16.0. The number of hydrogen-bond donors (Lipinski definition) is 1. The molecule has 3 rings (SSSR count). The van der Waals surface area contributed by atoms with Crippen LogP contribution >= 0.6 is 0 Å². The lowest BCUT2D eigenvalue weighted by atomic mass is 10.1. The molecule has 132 valence electrons. The van der Waals surface area contributed by atoms with Gasteiger partial charge in [-0.25, -0.2) is 0 Å². The lowest BCUT2D eigenvalue weighted by Gasteiger charge is -2.23. The van der Waals surface area contributed by atoms with Crippen LogP contribution < -0.4 is 15.0 Å². The first-order chi connectivity index (χ1) is 12.1. The number of anilines is 2. The number of para-hydroxylation sites is 3. The van der Waals surface area contributed by atoms with E-state index in [0.717, 1.165) is 23.5 Å². The molecule has 1 unspecified atom stereocenters. The van der Waals surface area contributed by atoms with Crippen molar-refractivity contribution < 1.29 is 9.53 Å². The van der Waals surface area contributed by atoms with Crippen molar-refractivity contribution in [2.75, 3.05) is 16.8 Å². The minimum Gasteiger partial charge on any atom is -0.489 e. The molecule has 0 aliphatic carbocycles. The van der Waals surface area contributed by atoms with Crippen molar-refractivity contribution in [1.82, 2.24) is 0 Å². The molecule has 0 saturated carbocycles. The first kappa shape index (κ1) is 17.3. The van der Waals surface area contributed by atoms with Crippen molar-refractivity contribution in [2.45, 2.75) is 45.8 Å². The van der Waals surface area contributed by atoms with Crippen LogP contribution in [0, 0.1) is 0 Å². The zero-order valence-electron chi connectivity index (χ0n) is 15.2. The highest BCUT2D eigenvalue weighted by molar-refractivity contribution is 5.96. The minimum atomic E-state index is 0.117. The lowest BCUT2D eigenvalue weighted by molar-refractivity contribution is -0.118. The summed E-state index contributed by atoms with van der Waals surface area (Å²) in [5.41, 5.74) is 3.24. The van der Waals surface area contributed by atoms with Gasteiger partial charge in [0.15, 0.2) is 0 Å². The summed E-state index contributed by atoms with van der Waals surface area (Å²) in [5, 5.41) is 3.34. The fourth-order valence-electron chi connectivity index (χ4n) is 3.34. The summed E-state index contributed by atoms with van der Waals surface area (Å²) in [6, 6.07) is 16.3. The van der Waals surface area contributed by atoms with E-state index in [4.69, 9.17) is 4.74 Å². The van der Waals surface area contributed by atoms with Crippen molar-refractivity contribution in [1.29, 1.82) is 0 Å². The molecule has 2 aromatic rings. The average molecular weight is 338 g/mol. The third kappa shape index (κ3) is 3.95. The van der Waals surface area contributed by atoms with Crippen LogP contribution in [-0.4, -0.2) is 24.6 Å². The molecule has 1 aliphatic rings. The molecule has 1 heterocycles. The fourth-order valence-corrected chi connectivity index (χ4v) is 3.34. The predicted octanol–water partition coefficient (Wildman–Crippen LogP) is 4.25. The highest BCUT2D eigenvalue weighted by atomic mass is 16.5. The van der Waals surface area contributed by atoms with Gasteiger partial charge in [-0.15, -0.1) is 0 Å². The van der Waals surface area contributed by atoms with Crippen LogP contribution in [0.1, 0.15) is 32.8 Å². The Hall–Kier alpha value is -2.49. The maximum absolute atomic E-state index is 12.7. The molecule has 4 heteroatoms. The van der Waals surface area contributed by atoms with Crippen molar-refractivity contribution in [2.24, 2.45) is 0 Å². The second-order valence-electron chi connectivity index (χ2n) is 6.79. The van der Waals surface area contributed by atoms with Crippen LogP contribution in [0.3, 0.4) is 0 Å². The molecule has 1 atom stereocenters. The molecule has 0 spiro atoms. The van der Waals surface area contributed by atoms with Crippen molar-refractivity contribution in [3.63, 3.8) is 0 Å². The van der Waals surface area contributed by atoms with Gasteiger partial charge >= 0.3 is 0 Å². The van der Waals surface area contributed by atoms with Crippen molar-refractivity contribution >= 4 is 17.3 Å². The molecule has 0 aromatic heterocycles. The van der Waals surface area contributed by atoms with E-state index in [0.29, 0.717) is 13.0 Å². The Kier molecular flexibility index (Phi) is 5.27. The van der Waals surface area contributed by atoms with E-state index >= 15 is 0 Å². The third-order valence-corrected chi connectivity index (χ3v) is 4.38. The van der Waals surface area contributed by atoms with Gasteiger partial charge in [0.25, 0.3) is 0 Å². The molecule has 1 N–H and O–H groups in total. The molecule has 0 fully saturated rings. The van der Waals surface area contributed by atoms with Gasteiger partial charge in [0, 0.05) is 24.7 Å². The molecule has 2 aromatic carbocycles. The van der Waals surface area contributed by atoms with Crippen molar-refractivity contribution in [3.8, 4) is 5.75 Å². The summed E-state index contributed by atoms with van der Waals surface area (Å²) < 4.78 is 5.81. The lowest BCUT2D eigenvalue weighted by Crippen LogP contribution is -2.36. The van der Waals surface area contributed by atoms with Crippen molar-refractivity contribution in [3.05, 3.63) is 54.1 Å². The topological polar surface area (TPSA) is 41.6 Å².